The van der Waals surface area contributed by atoms with E-state index in [0.29, 0.717) is 6.42 Å². The van der Waals surface area contributed by atoms with E-state index in [1.165, 1.54) is 38.5 Å². The Bertz CT molecular complexity index is 375. The molecule has 0 radical (unpaired) electrons. The zero-order valence-corrected chi connectivity index (χ0v) is 15.3. The Hall–Kier alpha value is -1.58. The van der Waals surface area contributed by atoms with Crippen molar-refractivity contribution in [2.45, 2.75) is 84.0 Å². The highest BCUT2D eigenvalue weighted by Gasteiger charge is 2.02. The van der Waals surface area contributed by atoms with Gasteiger partial charge in [0, 0.05) is 6.42 Å². The number of carboxylic acid groups (broad SMARTS) is 1. The Morgan fingerprint density at radius 1 is 0.833 bits per heavy atom. The van der Waals surface area contributed by atoms with E-state index < -0.39 is 5.97 Å². The highest BCUT2D eigenvalue weighted by molar-refractivity contribution is 5.80. The fourth-order valence-corrected chi connectivity index (χ4v) is 2.36. The Balaban J connectivity index is 3.28. The molecule has 4 heteroatoms. The molecule has 0 aliphatic rings. The molecular formula is C20H35NO3. The predicted molar refractivity (Wildman–Crippen MR) is 100 cm³/mol. The number of allylic oxidation sites excluding steroid dienone is 4. The maximum Gasteiger partial charge on any atom is 0.322 e. The van der Waals surface area contributed by atoms with Crippen molar-refractivity contribution in [2.24, 2.45) is 0 Å². The summed E-state index contributed by atoms with van der Waals surface area (Å²) in [7, 11) is 0. The number of amides is 1. The van der Waals surface area contributed by atoms with Crippen LogP contribution in [0.1, 0.15) is 84.0 Å². The molecule has 0 aliphatic heterocycles. The van der Waals surface area contributed by atoms with Crippen LogP contribution in [0.15, 0.2) is 24.3 Å². The number of nitrogens with one attached hydrogen (secondary N) is 1. The fraction of sp³-hybridized carbons (Fsp3) is 0.700. The summed E-state index contributed by atoms with van der Waals surface area (Å²) in [6.07, 6.45) is 22.1. The Labute approximate surface area is 147 Å². The molecule has 138 valence electrons. The van der Waals surface area contributed by atoms with Gasteiger partial charge in [-0.15, -0.1) is 0 Å². The molecule has 1 amide bonds. The zero-order valence-electron chi connectivity index (χ0n) is 15.3. The number of carbonyl (C=O) groups excluding carboxylic acids is 1. The van der Waals surface area contributed by atoms with Gasteiger partial charge in [-0.2, -0.15) is 0 Å². The van der Waals surface area contributed by atoms with Crippen molar-refractivity contribution in [2.75, 3.05) is 6.54 Å². The molecule has 0 fully saturated rings. The normalized spacial score (nSPS) is 11.4. The molecule has 0 saturated heterocycles. The van der Waals surface area contributed by atoms with Crippen molar-refractivity contribution in [1.29, 1.82) is 0 Å². The molecule has 0 bridgehead atoms. The van der Waals surface area contributed by atoms with Crippen LogP contribution in [0, 0.1) is 0 Å². The first-order valence-corrected chi connectivity index (χ1v) is 9.45. The topological polar surface area (TPSA) is 66.4 Å². The summed E-state index contributed by atoms with van der Waals surface area (Å²) < 4.78 is 0. The average molecular weight is 338 g/mol. The summed E-state index contributed by atoms with van der Waals surface area (Å²) in [5.41, 5.74) is 0. The first-order chi connectivity index (χ1) is 11.7. The summed E-state index contributed by atoms with van der Waals surface area (Å²) in [4.78, 5) is 21.6. The number of aliphatic carboxylic acids is 1. The van der Waals surface area contributed by atoms with Crippen LogP contribution in [0.5, 0.6) is 0 Å². The lowest BCUT2D eigenvalue weighted by atomic mass is 10.1. The van der Waals surface area contributed by atoms with Crippen molar-refractivity contribution < 1.29 is 14.7 Å². The lowest BCUT2D eigenvalue weighted by molar-refractivity contribution is -0.137. The van der Waals surface area contributed by atoms with Crippen molar-refractivity contribution in [3.63, 3.8) is 0 Å². The van der Waals surface area contributed by atoms with E-state index in [4.69, 9.17) is 5.11 Å². The molecule has 24 heavy (non-hydrogen) atoms. The van der Waals surface area contributed by atoms with Gasteiger partial charge in [-0.1, -0.05) is 63.3 Å². The summed E-state index contributed by atoms with van der Waals surface area (Å²) in [5.74, 6) is -1.16. The van der Waals surface area contributed by atoms with E-state index in [-0.39, 0.29) is 12.5 Å². The van der Waals surface area contributed by atoms with E-state index in [0.717, 1.165) is 32.1 Å². The van der Waals surface area contributed by atoms with Crippen LogP contribution >= 0.6 is 0 Å². The average Bonchev–Trinajstić information content (AvgIpc) is 2.56. The number of unbranched alkanes of at least 4 members (excludes halogenated alkanes) is 8. The van der Waals surface area contributed by atoms with Gasteiger partial charge in [0.05, 0.1) is 0 Å². The van der Waals surface area contributed by atoms with Crippen LogP contribution in [0.4, 0.5) is 0 Å². The van der Waals surface area contributed by atoms with Crippen molar-refractivity contribution in [3.8, 4) is 0 Å². The van der Waals surface area contributed by atoms with Crippen molar-refractivity contribution in [3.05, 3.63) is 24.3 Å². The third kappa shape index (κ3) is 18.5. The second-order valence-corrected chi connectivity index (χ2v) is 6.15. The predicted octanol–water partition coefficient (Wildman–Crippen LogP) is 5.00. The van der Waals surface area contributed by atoms with Gasteiger partial charge in [-0.05, 0) is 38.5 Å². The largest absolute Gasteiger partial charge is 0.480 e. The SMILES string of the molecule is CCCCC/C=C\C/C=C\CCCCCCCC(=O)NCC(=O)O. The minimum absolute atomic E-state index is 0.164. The lowest BCUT2D eigenvalue weighted by Crippen LogP contribution is -2.28. The molecule has 0 unspecified atom stereocenters. The summed E-state index contributed by atoms with van der Waals surface area (Å²) in [6, 6.07) is 0. The van der Waals surface area contributed by atoms with Gasteiger partial charge >= 0.3 is 5.97 Å². The van der Waals surface area contributed by atoms with Gasteiger partial charge in [0.1, 0.15) is 6.54 Å². The number of carboxylic acids is 1. The van der Waals surface area contributed by atoms with Crippen LogP contribution in [0.25, 0.3) is 0 Å². The molecule has 0 aromatic rings. The third-order valence-electron chi connectivity index (χ3n) is 3.79. The highest BCUT2D eigenvalue weighted by Crippen LogP contribution is 2.08. The van der Waals surface area contributed by atoms with Crippen LogP contribution < -0.4 is 5.32 Å². The van der Waals surface area contributed by atoms with E-state index in [2.05, 4.69) is 36.5 Å². The summed E-state index contributed by atoms with van der Waals surface area (Å²) in [5, 5.41) is 10.8. The quantitative estimate of drug-likeness (QED) is 0.308. The molecule has 0 aromatic carbocycles. The highest BCUT2D eigenvalue weighted by atomic mass is 16.4. The van der Waals surface area contributed by atoms with Crippen molar-refractivity contribution >= 4 is 11.9 Å². The molecule has 0 aliphatic carbocycles. The second kappa shape index (κ2) is 17.8. The van der Waals surface area contributed by atoms with Crippen molar-refractivity contribution in [1.82, 2.24) is 5.32 Å². The Morgan fingerprint density at radius 2 is 1.42 bits per heavy atom. The number of rotatable bonds is 16. The van der Waals surface area contributed by atoms with E-state index in [1.807, 2.05) is 0 Å². The number of hydrogen-bond acceptors (Lipinski definition) is 2. The second-order valence-electron chi connectivity index (χ2n) is 6.15. The monoisotopic (exact) mass is 337 g/mol. The molecule has 0 atom stereocenters. The van der Waals surface area contributed by atoms with Gasteiger partial charge < -0.3 is 10.4 Å². The van der Waals surface area contributed by atoms with Crippen LogP contribution in [-0.4, -0.2) is 23.5 Å². The number of hydrogen-bond donors (Lipinski definition) is 2. The first-order valence-electron chi connectivity index (χ1n) is 9.45. The number of carbonyl (C=O) groups is 2. The molecule has 0 saturated carbocycles. The van der Waals surface area contributed by atoms with Gasteiger partial charge in [0.15, 0.2) is 0 Å². The fourth-order valence-electron chi connectivity index (χ4n) is 2.36. The molecule has 0 rings (SSSR count). The molecule has 0 spiro atoms. The summed E-state index contributed by atoms with van der Waals surface area (Å²) >= 11 is 0. The van der Waals surface area contributed by atoms with Gasteiger partial charge in [0.25, 0.3) is 0 Å². The standard InChI is InChI=1S/C20H35NO3/c1-2-3-4-5-6-7-8-9-10-11-12-13-14-15-16-17-19(22)21-18-20(23)24/h6-7,9-10H,2-5,8,11-18H2,1H3,(H,21,22)(H,23,24)/b7-6-,10-9-. The minimum atomic E-state index is -0.997. The maximum absolute atomic E-state index is 11.3. The summed E-state index contributed by atoms with van der Waals surface area (Å²) in [6.45, 7) is 1.95. The van der Waals surface area contributed by atoms with E-state index in [1.54, 1.807) is 0 Å². The first kappa shape index (κ1) is 22.4. The van der Waals surface area contributed by atoms with Crippen LogP contribution in [0.3, 0.4) is 0 Å². The van der Waals surface area contributed by atoms with Crippen LogP contribution in [-0.2, 0) is 9.59 Å². The molecule has 0 heterocycles. The lowest BCUT2D eigenvalue weighted by Gasteiger charge is -2.02. The Morgan fingerprint density at radius 3 is 2.04 bits per heavy atom. The Kier molecular flexibility index (Phi) is 16.6. The molecular weight excluding hydrogens is 302 g/mol. The molecule has 2 N–H and O–H groups in total. The van der Waals surface area contributed by atoms with Gasteiger partial charge in [-0.25, -0.2) is 0 Å². The van der Waals surface area contributed by atoms with E-state index in [9.17, 15) is 9.59 Å². The molecule has 4 nitrogen and oxygen atoms in total. The minimum Gasteiger partial charge on any atom is -0.480 e. The maximum atomic E-state index is 11.3. The van der Waals surface area contributed by atoms with Gasteiger partial charge in [0.2, 0.25) is 5.91 Å². The smallest absolute Gasteiger partial charge is 0.322 e. The van der Waals surface area contributed by atoms with E-state index >= 15 is 0 Å². The van der Waals surface area contributed by atoms with Crippen LogP contribution in [0.2, 0.25) is 0 Å². The zero-order chi connectivity index (χ0) is 17.9. The van der Waals surface area contributed by atoms with Gasteiger partial charge in [-0.3, -0.25) is 9.59 Å². The molecule has 0 aromatic heterocycles. The third-order valence-corrected chi connectivity index (χ3v) is 3.79.